The standard InChI is InChI=1S/CH7N5.H2O4S/c2-1(5-3)6-4;1-5(2,3)4/h3-4H2,(H3,2,5,6);(H2,1,2,3,4). The highest BCUT2D eigenvalue weighted by atomic mass is 32.3. The summed E-state index contributed by atoms with van der Waals surface area (Å²) in [6, 6.07) is 0. The molecule has 0 amide bonds. The Hall–Kier alpha value is -1.10. The molecule has 0 bridgehead atoms. The fourth-order valence-electron chi connectivity index (χ4n) is 0.0373. The van der Waals surface area contributed by atoms with Gasteiger partial charge in [-0.1, -0.05) is 0 Å². The first-order chi connectivity index (χ1) is 4.81. The zero-order chi connectivity index (χ0) is 9.49. The Bertz CT molecular complexity index is 199. The molecule has 0 saturated carbocycles. The minimum Gasteiger partial charge on any atom is -0.367 e. The largest absolute Gasteiger partial charge is 0.394 e. The van der Waals surface area contributed by atoms with Gasteiger partial charge in [0.1, 0.15) is 0 Å². The van der Waals surface area contributed by atoms with E-state index >= 15 is 0 Å². The van der Waals surface area contributed by atoms with Crippen LogP contribution in [0.3, 0.4) is 0 Å². The number of guanidine groups is 1. The predicted octanol–water partition coefficient (Wildman–Crippen LogP) is -3.01. The van der Waals surface area contributed by atoms with Crippen molar-refractivity contribution in [2.75, 3.05) is 0 Å². The van der Waals surface area contributed by atoms with Crippen molar-refractivity contribution in [1.29, 1.82) is 0 Å². The lowest BCUT2D eigenvalue weighted by Gasteiger charge is -1.89. The number of hydrogen-bond donors (Lipinski definition) is 6. The Kier molecular flexibility index (Phi) is 6.47. The van der Waals surface area contributed by atoms with Crippen molar-refractivity contribution in [2.45, 2.75) is 0 Å². The average molecular weight is 187 g/mol. The normalized spacial score (nSPS) is 11.4. The van der Waals surface area contributed by atoms with Crippen molar-refractivity contribution in [1.82, 2.24) is 5.43 Å². The van der Waals surface area contributed by atoms with Crippen LogP contribution in [0.25, 0.3) is 0 Å². The van der Waals surface area contributed by atoms with E-state index in [0.717, 1.165) is 0 Å². The van der Waals surface area contributed by atoms with Crippen LogP contribution >= 0.6 is 0 Å². The molecule has 0 radical (unpaired) electrons. The molecule has 0 saturated heterocycles. The van der Waals surface area contributed by atoms with Gasteiger partial charge >= 0.3 is 10.4 Å². The van der Waals surface area contributed by atoms with E-state index in [1.165, 1.54) is 0 Å². The van der Waals surface area contributed by atoms with Gasteiger partial charge in [0.2, 0.25) is 5.96 Å². The molecule has 0 aliphatic carbocycles. The van der Waals surface area contributed by atoms with Gasteiger partial charge in [0.25, 0.3) is 0 Å². The fraction of sp³-hybridized carbons (Fsp3) is 0. The highest BCUT2D eigenvalue weighted by molar-refractivity contribution is 7.79. The molecule has 0 aromatic carbocycles. The molecule has 0 rings (SSSR count). The van der Waals surface area contributed by atoms with Crippen LogP contribution in [-0.4, -0.2) is 23.5 Å². The maximum atomic E-state index is 8.74. The van der Waals surface area contributed by atoms with Gasteiger partial charge in [0.05, 0.1) is 0 Å². The minimum absolute atomic E-state index is 0.0231. The van der Waals surface area contributed by atoms with Gasteiger partial charge in [-0.25, -0.2) is 5.84 Å². The van der Waals surface area contributed by atoms with Gasteiger partial charge in [0, 0.05) is 0 Å². The van der Waals surface area contributed by atoms with Crippen LogP contribution in [0.15, 0.2) is 5.10 Å². The Morgan fingerprint density at radius 1 is 1.45 bits per heavy atom. The molecule has 68 valence electrons. The number of hydrazone groups is 1. The summed E-state index contributed by atoms with van der Waals surface area (Å²) in [5, 5.41) is 2.97. The Morgan fingerprint density at radius 3 is 1.73 bits per heavy atom. The Morgan fingerprint density at radius 2 is 1.73 bits per heavy atom. The summed E-state index contributed by atoms with van der Waals surface area (Å²) in [6.07, 6.45) is 0. The number of rotatable bonds is 0. The molecule has 0 aliphatic rings. The van der Waals surface area contributed by atoms with Crippen LogP contribution < -0.4 is 22.8 Å². The van der Waals surface area contributed by atoms with Crippen molar-refractivity contribution in [3.05, 3.63) is 0 Å². The van der Waals surface area contributed by atoms with Gasteiger partial charge in [-0.2, -0.15) is 8.42 Å². The maximum absolute atomic E-state index is 8.74. The number of nitrogens with one attached hydrogen (secondary N) is 1. The SMILES string of the molecule is NN=C(N)NN.O=S(=O)(O)O. The van der Waals surface area contributed by atoms with Crippen LogP contribution in [0.5, 0.6) is 0 Å². The first kappa shape index (κ1) is 12.6. The third kappa shape index (κ3) is 50.4. The van der Waals surface area contributed by atoms with Gasteiger partial charge < -0.3 is 11.6 Å². The molecule has 0 atom stereocenters. The molecular formula is CH9N5O4S. The minimum atomic E-state index is -4.67. The van der Waals surface area contributed by atoms with Crippen molar-refractivity contribution in [2.24, 2.45) is 22.5 Å². The summed E-state index contributed by atoms with van der Waals surface area (Å²) in [5.41, 5.74) is 6.88. The van der Waals surface area contributed by atoms with Crippen LogP contribution in [0.2, 0.25) is 0 Å². The van der Waals surface area contributed by atoms with E-state index in [1.807, 2.05) is 5.43 Å². The highest BCUT2D eigenvalue weighted by Crippen LogP contribution is 1.59. The van der Waals surface area contributed by atoms with E-state index in [0.29, 0.717) is 0 Å². The third-order valence-corrected chi connectivity index (χ3v) is 0.287. The lowest BCUT2D eigenvalue weighted by atomic mass is 11.1. The zero-order valence-electron chi connectivity index (χ0n) is 5.30. The lowest BCUT2D eigenvalue weighted by Crippen LogP contribution is -2.37. The smallest absolute Gasteiger partial charge is 0.367 e. The zero-order valence-corrected chi connectivity index (χ0v) is 6.11. The van der Waals surface area contributed by atoms with Crippen LogP contribution in [0.1, 0.15) is 0 Å². The van der Waals surface area contributed by atoms with E-state index in [-0.39, 0.29) is 5.96 Å². The van der Waals surface area contributed by atoms with Gasteiger partial charge in [-0.3, -0.25) is 14.5 Å². The quantitative estimate of drug-likeness (QED) is 0.0762. The third-order valence-electron chi connectivity index (χ3n) is 0.287. The molecule has 9 nitrogen and oxygen atoms in total. The fourth-order valence-corrected chi connectivity index (χ4v) is 0.0373. The molecule has 0 aromatic rings. The highest BCUT2D eigenvalue weighted by Gasteiger charge is 1.84. The number of hydrazine groups is 1. The van der Waals surface area contributed by atoms with E-state index in [9.17, 15) is 0 Å². The summed E-state index contributed by atoms with van der Waals surface area (Å²) in [7, 11) is -4.67. The molecule has 0 fully saturated rings. The topological polar surface area (TPSA) is 177 Å². The summed E-state index contributed by atoms with van der Waals surface area (Å²) >= 11 is 0. The van der Waals surface area contributed by atoms with Crippen molar-refractivity contribution in [3.63, 3.8) is 0 Å². The monoisotopic (exact) mass is 187 g/mol. The number of hydrogen-bond acceptors (Lipinski definition) is 5. The second-order valence-electron chi connectivity index (χ2n) is 1.11. The molecule has 10 heteroatoms. The summed E-state index contributed by atoms with van der Waals surface area (Å²) < 4.78 is 31.6. The van der Waals surface area contributed by atoms with Crippen molar-refractivity contribution >= 4 is 16.4 Å². The van der Waals surface area contributed by atoms with Gasteiger partial charge in [-0.15, -0.1) is 5.10 Å². The Balaban J connectivity index is 0. The maximum Gasteiger partial charge on any atom is 0.394 e. The molecule has 0 aromatic heterocycles. The van der Waals surface area contributed by atoms with E-state index < -0.39 is 10.4 Å². The summed E-state index contributed by atoms with van der Waals surface area (Å²) in [4.78, 5) is 0. The van der Waals surface area contributed by atoms with E-state index in [1.54, 1.807) is 0 Å². The molecule has 0 spiro atoms. The van der Waals surface area contributed by atoms with Crippen molar-refractivity contribution < 1.29 is 17.5 Å². The Labute approximate surface area is 62.8 Å². The number of nitrogens with two attached hydrogens (primary N) is 3. The molecule has 0 aliphatic heterocycles. The van der Waals surface area contributed by atoms with E-state index in [2.05, 4.69) is 10.9 Å². The second-order valence-corrected chi connectivity index (χ2v) is 2.00. The van der Waals surface area contributed by atoms with Crippen LogP contribution in [0.4, 0.5) is 0 Å². The second kappa shape index (κ2) is 5.67. The predicted molar refractivity (Wildman–Crippen MR) is 37.3 cm³/mol. The molecule has 9 N–H and O–H groups in total. The first-order valence-electron chi connectivity index (χ1n) is 2.01. The molecular weight excluding hydrogens is 178 g/mol. The lowest BCUT2D eigenvalue weighted by molar-refractivity contribution is 0.381. The summed E-state index contributed by atoms with van der Waals surface area (Å²) in [5.74, 6) is 9.32. The molecule has 0 unspecified atom stereocenters. The van der Waals surface area contributed by atoms with E-state index in [4.69, 9.17) is 29.1 Å². The van der Waals surface area contributed by atoms with Crippen molar-refractivity contribution in [3.8, 4) is 0 Å². The summed E-state index contributed by atoms with van der Waals surface area (Å²) in [6.45, 7) is 0. The first-order valence-corrected chi connectivity index (χ1v) is 3.40. The van der Waals surface area contributed by atoms with Gasteiger partial charge in [0.15, 0.2) is 0 Å². The molecule has 0 heterocycles. The molecule has 11 heavy (non-hydrogen) atoms. The van der Waals surface area contributed by atoms with Gasteiger partial charge in [-0.05, 0) is 0 Å². The van der Waals surface area contributed by atoms with Crippen LogP contribution in [0, 0.1) is 0 Å². The average Bonchev–Trinajstić information content (AvgIpc) is 1.83. The van der Waals surface area contributed by atoms with Crippen LogP contribution in [-0.2, 0) is 10.4 Å². The number of nitrogens with zero attached hydrogens (tertiary/aromatic N) is 1.